The zero-order valence-corrected chi connectivity index (χ0v) is 11.1. The third-order valence-electron chi connectivity index (χ3n) is 3.44. The second kappa shape index (κ2) is 8.08. The number of carboxylic acid groups (broad SMARTS) is 1. The Morgan fingerprint density at radius 2 is 2.00 bits per heavy atom. The Morgan fingerprint density at radius 1 is 1.33 bits per heavy atom. The molecular formula is C13H24N2O3. The van der Waals surface area contributed by atoms with Crippen LogP contribution in [0.3, 0.4) is 0 Å². The van der Waals surface area contributed by atoms with Crippen molar-refractivity contribution in [3.05, 3.63) is 0 Å². The molecule has 0 aromatic rings. The van der Waals surface area contributed by atoms with E-state index in [-0.39, 0.29) is 12.5 Å². The number of carbonyl (C=O) groups excluding carboxylic acids is 1. The van der Waals surface area contributed by atoms with E-state index < -0.39 is 11.9 Å². The van der Waals surface area contributed by atoms with E-state index in [1.165, 1.54) is 12.8 Å². The number of carbonyl (C=O) groups is 2. The molecule has 1 fully saturated rings. The highest BCUT2D eigenvalue weighted by molar-refractivity contribution is 5.79. The van der Waals surface area contributed by atoms with Gasteiger partial charge in [0.2, 0.25) is 5.91 Å². The van der Waals surface area contributed by atoms with E-state index in [4.69, 9.17) is 5.11 Å². The van der Waals surface area contributed by atoms with Crippen LogP contribution in [0.2, 0.25) is 0 Å². The molecule has 0 aliphatic heterocycles. The van der Waals surface area contributed by atoms with Gasteiger partial charge in [-0.15, -0.1) is 0 Å². The smallest absolute Gasteiger partial charge is 0.308 e. The predicted octanol–water partition coefficient (Wildman–Crippen LogP) is 1.14. The summed E-state index contributed by atoms with van der Waals surface area (Å²) in [4.78, 5) is 22.5. The summed E-state index contributed by atoms with van der Waals surface area (Å²) in [6.45, 7) is 2.47. The fourth-order valence-electron chi connectivity index (χ4n) is 2.33. The van der Waals surface area contributed by atoms with Crippen LogP contribution in [0.1, 0.15) is 45.4 Å². The van der Waals surface area contributed by atoms with Gasteiger partial charge in [0, 0.05) is 12.6 Å². The molecule has 0 aromatic heterocycles. The van der Waals surface area contributed by atoms with Crippen molar-refractivity contribution < 1.29 is 14.7 Å². The molecule has 5 heteroatoms. The first-order valence-corrected chi connectivity index (χ1v) is 6.86. The van der Waals surface area contributed by atoms with Crippen molar-refractivity contribution in [1.29, 1.82) is 0 Å². The molecule has 1 aliphatic rings. The summed E-state index contributed by atoms with van der Waals surface area (Å²) < 4.78 is 0. The third kappa shape index (κ3) is 5.49. The van der Waals surface area contributed by atoms with Gasteiger partial charge < -0.3 is 15.7 Å². The minimum absolute atomic E-state index is 0.107. The number of aliphatic carboxylic acids is 1. The van der Waals surface area contributed by atoms with E-state index in [1.807, 2.05) is 6.92 Å². The Balaban J connectivity index is 2.16. The molecule has 1 amide bonds. The second-order valence-corrected chi connectivity index (χ2v) is 4.99. The first-order valence-electron chi connectivity index (χ1n) is 6.86. The van der Waals surface area contributed by atoms with Crippen LogP contribution in [-0.2, 0) is 9.59 Å². The fourth-order valence-corrected chi connectivity index (χ4v) is 2.33. The van der Waals surface area contributed by atoms with Crippen molar-refractivity contribution in [2.24, 2.45) is 5.92 Å². The third-order valence-corrected chi connectivity index (χ3v) is 3.44. The predicted molar refractivity (Wildman–Crippen MR) is 69.3 cm³/mol. The normalized spacial score (nSPS) is 17.6. The maximum atomic E-state index is 11.6. The van der Waals surface area contributed by atoms with Crippen molar-refractivity contribution in [2.45, 2.75) is 51.5 Å². The minimum atomic E-state index is -0.832. The van der Waals surface area contributed by atoms with Gasteiger partial charge in [-0.05, 0) is 19.3 Å². The van der Waals surface area contributed by atoms with Gasteiger partial charge in [0.05, 0.1) is 12.5 Å². The molecule has 1 rings (SSSR count). The fraction of sp³-hybridized carbons (Fsp3) is 0.846. The quantitative estimate of drug-likeness (QED) is 0.608. The van der Waals surface area contributed by atoms with Crippen LogP contribution in [0.4, 0.5) is 0 Å². The van der Waals surface area contributed by atoms with Gasteiger partial charge in [-0.2, -0.15) is 0 Å². The summed E-state index contributed by atoms with van der Waals surface area (Å²) >= 11 is 0. The van der Waals surface area contributed by atoms with Gasteiger partial charge in [-0.25, -0.2) is 0 Å². The van der Waals surface area contributed by atoms with Crippen molar-refractivity contribution >= 4 is 11.9 Å². The molecule has 3 N–H and O–H groups in total. The van der Waals surface area contributed by atoms with Gasteiger partial charge in [-0.1, -0.05) is 26.2 Å². The highest BCUT2D eigenvalue weighted by atomic mass is 16.4. The zero-order valence-electron chi connectivity index (χ0n) is 11.1. The molecule has 0 spiro atoms. The topological polar surface area (TPSA) is 78.4 Å². The molecule has 0 radical (unpaired) electrons. The summed E-state index contributed by atoms with van der Waals surface area (Å²) in [6, 6.07) is 0.460. The van der Waals surface area contributed by atoms with E-state index >= 15 is 0 Å². The minimum Gasteiger partial charge on any atom is -0.481 e. The van der Waals surface area contributed by atoms with Gasteiger partial charge >= 0.3 is 5.97 Å². The Kier molecular flexibility index (Phi) is 6.72. The maximum Gasteiger partial charge on any atom is 0.308 e. The number of hydrogen-bond acceptors (Lipinski definition) is 3. The lowest BCUT2D eigenvalue weighted by Gasteiger charge is -2.14. The highest BCUT2D eigenvalue weighted by Gasteiger charge is 2.18. The largest absolute Gasteiger partial charge is 0.481 e. The van der Waals surface area contributed by atoms with Crippen LogP contribution in [0.25, 0.3) is 0 Å². The first-order chi connectivity index (χ1) is 8.63. The number of hydrogen-bond donors (Lipinski definition) is 3. The molecule has 1 unspecified atom stereocenters. The van der Waals surface area contributed by atoms with Crippen LogP contribution >= 0.6 is 0 Å². The van der Waals surface area contributed by atoms with Crippen molar-refractivity contribution in [3.8, 4) is 0 Å². The Hall–Kier alpha value is -1.10. The van der Waals surface area contributed by atoms with Crippen LogP contribution in [0.5, 0.6) is 0 Å². The number of carboxylic acids is 1. The van der Waals surface area contributed by atoms with Crippen LogP contribution < -0.4 is 10.6 Å². The molecule has 104 valence electrons. The van der Waals surface area contributed by atoms with Crippen molar-refractivity contribution in [2.75, 3.05) is 13.1 Å². The summed E-state index contributed by atoms with van der Waals surface area (Å²) in [5.41, 5.74) is 0. The van der Waals surface area contributed by atoms with Gasteiger partial charge in [0.1, 0.15) is 0 Å². The highest BCUT2D eigenvalue weighted by Crippen LogP contribution is 2.17. The molecule has 0 bridgehead atoms. The van der Waals surface area contributed by atoms with E-state index in [9.17, 15) is 9.59 Å². The lowest BCUT2D eigenvalue weighted by molar-refractivity contribution is -0.141. The average Bonchev–Trinajstić information content (AvgIpc) is 2.84. The molecule has 5 nitrogen and oxygen atoms in total. The average molecular weight is 256 g/mol. The molecule has 1 saturated carbocycles. The lowest BCUT2D eigenvalue weighted by Crippen LogP contribution is -2.40. The molecule has 1 aliphatic carbocycles. The molecule has 18 heavy (non-hydrogen) atoms. The standard InChI is InChI=1S/C13H24N2O3/c1-2-5-10(13(17)18)8-15-12(16)9-14-11-6-3-4-7-11/h10-11,14H,2-9H2,1H3,(H,15,16)(H,17,18). The molecule has 0 heterocycles. The number of rotatable bonds is 8. The summed E-state index contributed by atoms with van der Waals surface area (Å²) in [6.07, 6.45) is 6.16. The maximum absolute atomic E-state index is 11.6. The van der Waals surface area contributed by atoms with E-state index in [0.717, 1.165) is 19.3 Å². The van der Waals surface area contributed by atoms with Crippen LogP contribution in [0.15, 0.2) is 0 Å². The van der Waals surface area contributed by atoms with E-state index in [0.29, 0.717) is 19.0 Å². The lowest BCUT2D eigenvalue weighted by atomic mass is 10.0. The monoisotopic (exact) mass is 256 g/mol. The Morgan fingerprint density at radius 3 is 2.56 bits per heavy atom. The summed E-state index contributed by atoms with van der Waals surface area (Å²) in [7, 11) is 0. The molecule has 0 saturated heterocycles. The van der Waals surface area contributed by atoms with Crippen LogP contribution in [0, 0.1) is 5.92 Å². The SMILES string of the molecule is CCCC(CNC(=O)CNC1CCCC1)C(=O)O. The second-order valence-electron chi connectivity index (χ2n) is 4.99. The van der Waals surface area contributed by atoms with Crippen molar-refractivity contribution in [1.82, 2.24) is 10.6 Å². The number of amides is 1. The molecule has 0 aromatic carbocycles. The van der Waals surface area contributed by atoms with E-state index in [1.54, 1.807) is 0 Å². The van der Waals surface area contributed by atoms with Gasteiger partial charge in [-0.3, -0.25) is 9.59 Å². The van der Waals surface area contributed by atoms with E-state index in [2.05, 4.69) is 10.6 Å². The number of nitrogens with one attached hydrogen (secondary N) is 2. The van der Waals surface area contributed by atoms with Crippen LogP contribution in [-0.4, -0.2) is 36.1 Å². The van der Waals surface area contributed by atoms with Gasteiger partial charge in [0.25, 0.3) is 0 Å². The van der Waals surface area contributed by atoms with Gasteiger partial charge in [0.15, 0.2) is 0 Å². The summed E-state index contributed by atoms with van der Waals surface area (Å²) in [5.74, 6) is -1.41. The molecule has 1 atom stereocenters. The summed E-state index contributed by atoms with van der Waals surface area (Å²) in [5, 5.41) is 14.9. The zero-order chi connectivity index (χ0) is 13.4. The van der Waals surface area contributed by atoms with Crippen molar-refractivity contribution in [3.63, 3.8) is 0 Å². The Labute approximate surface area is 108 Å². The first kappa shape index (κ1) is 15.0. The molecular weight excluding hydrogens is 232 g/mol. The Bertz CT molecular complexity index is 275.